The van der Waals surface area contributed by atoms with Gasteiger partial charge in [0.05, 0.1) is 64.0 Å². The molecule has 5 atom stereocenters. The van der Waals surface area contributed by atoms with Crippen molar-refractivity contribution in [3.63, 3.8) is 0 Å². The Bertz CT molecular complexity index is 2220. The Morgan fingerprint density at radius 3 is 2.51 bits per heavy atom. The Kier molecular flexibility index (Phi) is 10.7. The molecular weight excluding hydrogens is 801 g/mol. The van der Waals surface area contributed by atoms with Gasteiger partial charge in [0, 0.05) is 35.3 Å². The predicted molar refractivity (Wildman–Crippen MR) is 227 cm³/mol. The molecule has 0 aliphatic carbocycles. The minimum Gasteiger partial charge on any atom is -0.497 e. The van der Waals surface area contributed by atoms with Crippen LogP contribution in [0, 0.1) is 5.92 Å². The zero-order valence-electron chi connectivity index (χ0n) is 32.9. The van der Waals surface area contributed by atoms with E-state index in [-0.39, 0.29) is 54.8 Å². The molecule has 2 saturated heterocycles. The van der Waals surface area contributed by atoms with Crippen molar-refractivity contribution in [2.45, 2.75) is 82.0 Å². The van der Waals surface area contributed by atoms with Crippen molar-refractivity contribution in [1.82, 2.24) is 4.90 Å². The maximum absolute atomic E-state index is 15.4. The van der Waals surface area contributed by atoms with Gasteiger partial charge in [0.25, 0.3) is 5.91 Å². The van der Waals surface area contributed by atoms with E-state index < -0.39 is 19.8 Å². The minimum absolute atomic E-state index is 0.0516. The monoisotopic (exact) mass is 848 g/mol. The van der Waals surface area contributed by atoms with Gasteiger partial charge in [-0.2, -0.15) is 5.10 Å². The van der Waals surface area contributed by atoms with Crippen molar-refractivity contribution < 1.29 is 29.0 Å². The van der Waals surface area contributed by atoms with E-state index in [0.29, 0.717) is 25.1 Å². The van der Waals surface area contributed by atoms with Crippen LogP contribution in [0.5, 0.6) is 5.75 Å². The van der Waals surface area contributed by atoms with E-state index in [1.807, 2.05) is 84.9 Å². The number of fused-ring (bicyclic) bond motifs is 2. The third kappa shape index (κ3) is 6.94. The smallest absolute Gasteiger partial charge is 0.264 e. The summed E-state index contributed by atoms with van der Waals surface area (Å²) in [5, 5.41) is 17.6. The summed E-state index contributed by atoms with van der Waals surface area (Å²) in [6, 6.07) is 31.5. The van der Waals surface area contributed by atoms with Gasteiger partial charge in [0.2, 0.25) is 11.8 Å². The average molecular weight is 850 g/mol. The summed E-state index contributed by atoms with van der Waals surface area (Å²) in [6.45, 7) is 7.51. The summed E-state index contributed by atoms with van der Waals surface area (Å²) in [7, 11) is -0.838. The molecule has 57 heavy (non-hydrogen) atoms. The molecule has 1 spiro atoms. The van der Waals surface area contributed by atoms with Gasteiger partial charge in [-0.3, -0.25) is 14.4 Å². The minimum atomic E-state index is -2.49. The molecule has 2 fully saturated rings. The van der Waals surface area contributed by atoms with Gasteiger partial charge in [-0.1, -0.05) is 95.7 Å². The van der Waals surface area contributed by atoms with Gasteiger partial charge in [0.1, 0.15) is 5.75 Å². The number of carbonyl (C=O) groups excluding carboxylic acids is 3. The Labute approximate surface area is 343 Å². The van der Waals surface area contributed by atoms with E-state index in [1.165, 1.54) is 10.2 Å². The number of hydrogen-bond acceptors (Lipinski definition) is 7. The number of ether oxygens (including phenoxy) is 2. The van der Waals surface area contributed by atoms with Crippen LogP contribution in [0.25, 0.3) is 0 Å². The number of aliphatic hydroxyl groups is 1. The summed E-state index contributed by atoms with van der Waals surface area (Å²) in [6.07, 6.45) is 2.11. The van der Waals surface area contributed by atoms with Crippen molar-refractivity contribution in [3.8, 4) is 5.75 Å². The molecule has 4 aromatic rings. The third-order valence-electron chi connectivity index (χ3n) is 12.7. The fraction of sp³-hybridized carbons (Fsp3) is 0.378. The van der Waals surface area contributed by atoms with Gasteiger partial charge in [-0.25, -0.2) is 5.01 Å². The molecule has 0 radical (unpaired) electrons. The van der Waals surface area contributed by atoms with Crippen LogP contribution in [-0.2, 0) is 31.3 Å². The number of anilines is 2. The topological polar surface area (TPSA) is 112 Å². The number of hydrazone groups is 1. The second-order valence-electron chi connectivity index (χ2n) is 16.3. The number of rotatable bonds is 10. The number of nitrogens with zero attached hydrogens (tertiary/aromatic N) is 4. The molecule has 12 heteroatoms. The van der Waals surface area contributed by atoms with Gasteiger partial charge < -0.3 is 24.4 Å². The van der Waals surface area contributed by atoms with Crippen LogP contribution in [0.15, 0.2) is 107 Å². The summed E-state index contributed by atoms with van der Waals surface area (Å²) >= 11 is 3.70. The molecule has 4 aliphatic heterocycles. The summed E-state index contributed by atoms with van der Waals surface area (Å²) in [5.41, 5.74) is 3.39. The van der Waals surface area contributed by atoms with Crippen LogP contribution in [0.1, 0.15) is 55.7 Å². The molecule has 4 heterocycles. The van der Waals surface area contributed by atoms with E-state index in [0.717, 1.165) is 51.2 Å². The van der Waals surface area contributed by atoms with E-state index in [2.05, 4.69) is 48.1 Å². The summed E-state index contributed by atoms with van der Waals surface area (Å²) in [4.78, 5) is 46.4. The maximum Gasteiger partial charge on any atom is 0.264 e. The Morgan fingerprint density at radius 1 is 1.00 bits per heavy atom. The molecule has 10 nitrogen and oxygen atoms in total. The molecule has 296 valence electrons. The average Bonchev–Trinajstić information content (AvgIpc) is 3.89. The zero-order chi connectivity index (χ0) is 40.1. The van der Waals surface area contributed by atoms with Crippen molar-refractivity contribution >= 4 is 64.0 Å². The number of carbonyl (C=O) groups is 3. The highest BCUT2D eigenvalue weighted by Gasteiger charge is 2.66. The van der Waals surface area contributed by atoms with Gasteiger partial charge >= 0.3 is 0 Å². The van der Waals surface area contributed by atoms with E-state index in [4.69, 9.17) is 14.6 Å². The fourth-order valence-electron chi connectivity index (χ4n) is 9.85. The van der Waals surface area contributed by atoms with Crippen molar-refractivity contribution in [2.75, 3.05) is 30.2 Å². The molecule has 0 bridgehead atoms. The van der Waals surface area contributed by atoms with Crippen LogP contribution < -0.4 is 19.8 Å². The molecule has 0 unspecified atom stereocenters. The van der Waals surface area contributed by atoms with Crippen molar-refractivity contribution in [2.24, 2.45) is 11.0 Å². The van der Waals surface area contributed by atoms with Crippen LogP contribution in [-0.4, -0.2) is 73.9 Å². The number of halogens is 1. The summed E-state index contributed by atoms with van der Waals surface area (Å²) in [5.74, 6) is 0.176. The first-order chi connectivity index (χ1) is 27.5. The number of likely N-dealkylation sites (tertiary alicyclic amines) is 1. The second-order valence-corrected chi connectivity index (χ2v) is 21.9. The third-order valence-corrected chi connectivity index (χ3v) is 17.6. The van der Waals surface area contributed by atoms with Crippen LogP contribution in [0.2, 0.25) is 18.6 Å². The summed E-state index contributed by atoms with van der Waals surface area (Å²) < 4.78 is 13.6. The fourth-order valence-corrected chi connectivity index (χ4v) is 14.2. The van der Waals surface area contributed by atoms with E-state index in [1.54, 1.807) is 16.9 Å². The first-order valence-corrected chi connectivity index (χ1v) is 23.7. The first kappa shape index (κ1) is 39.2. The van der Waals surface area contributed by atoms with Crippen LogP contribution >= 0.6 is 15.9 Å². The lowest BCUT2D eigenvalue weighted by Gasteiger charge is -2.37. The predicted octanol–water partition coefficient (Wildman–Crippen LogP) is 7.13. The van der Waals surface area contributed by atoms with Gasteiger partial charge in [-0.15, -0.1) is 0 Å². The SMILES string of the molecule is COc1ccc([Si](C)(C)[C@H]2[C@H](CC(=O)N3CCC[C@H]3CO)O[C@@]3(C(=O)N(Cc4cccc(N5N=C(c6ccccc6)CCC5=O)c4)c4ccc(Br)cc43)[C@@H]2C)cc1. The molecule has 4 aromatic carbocycles. The van der Waals surface area contributed by atoms with E-state index in [9.17, 15) is 14.7 Å². The highest BCUT2D eigenvalue weighted by atomic mass is 79.9. The second kappa shape index (κ2) is 15.6. The molecular formula is C45H49BrN4O6Si. The highest BCUT2D eigenvalue weighted by molar-refractivity contribution is 9.10. The number of amides is 3. The lowest BCUT2D eigenvalue weighted by atomic mass is 9.82. The molecule has 1 N–H and O–H groups in total. The van der Waals surface area contributed by atoms with Crippen LogP contribution in [0.4, 0.5) is 11.4 Å². The van der Waals surface area contributed by atoms with Crippen LogP contribution in [0.3, 0.4) is 0 Å². The number of hydrogen-bond donors (Lipinski definition) is 1. The van der Waals surface area contributed by atoms with Gasteiger partial charge in [0.15, 0.2) is 5.60 Å². The molecule has 8 rings (SSSR count). The molecule has 0 aromatic heterocycles. The lowest BCUT2D eigenvalue weighted by Crippen LogP contribution is -2.52. The maximum atomic E-state index is 15.4. The van der Waals surface area contributed by atoms with Crippen molar-refractivity contribution in [3.05, 3.63) is 118 Å². The number of benzene rings is 4. The Morgan fingerprint density at radius 2 is 1.77 bits per heavy atom. The Balaban J connectivity index is 1.16. The molecule has 3 amide bonds. The lowest BCUT2D eigenvalue weighted by molar-refractivity contribution is -0.150. The van der Waals surface area contributed by atoms with Crippen molar-refractivity contribution in [1.29, 1.82) is 0 Å². The van der Waals surface area contributed by atoms with E-state index >= 15 is 4.79 Å². The van der Waals surface area contributed by atoms with Gasteiger partial charge in [-0.05, 0) is 72.0 Å². The number of aliphatic hydroxyl groups excluding tert-OH is 1. The first-order valence-electron chi connectivity index (χ1n) is 19.9. The standard InChI is InChI=1S/C45H49BrN4O6Si/c1-29-43(57(3,4)36-18-16-35(55-2)17-19-36)40(26-42(53)48-23-9-14-34(48)28-51)56-45(29)37-25-32(46)15-21-39(37)49(44(45)54)27-30-10-8-13-33(24-30)50-41(52)22-20-38(47-50)31-11-6-5-7-12-31/h5-8,10-13,15-19,21,24-25,29,34,40,43,51H,9,14,20,22-23,26-28H2,1-4H3/t29-,34+,40+,43-,45+/m1/s1. The number of methoxy groups -OCH3 is 1. The molecule has 4 aliphatic rings. The zero-order valence-corrected chi connectivity index (χ0v) is 35.4. The quantitative estimate of drug-likeness (QED) is 0.170. The Hall–Kier alpha value is -4.62. The molecule has 0 saturated carbocycles. The highest BCUT2D eigenvalue weighted by Crippen LogP contribution is 2.60. The normalized spacial score (nSPS) is 24.7. The largest absolute Gasteiger partial charge is 0.497 e.